The highest BCUT2D eigenvalue weighted by Crippen LogP contribution is 2.27. The Hall–Kier alpha value is -1.16. The third kappa shape index (κ3) is 2.80. The van der Waals surface area contributed by atoms with Gasteiger partial charge in [0.2, 0.25) is 0 Å². The molecule has 0 atom stereocenters. The Morgan fingerprint density at radius 3 is 2.61 bits per heavy atom. The molecular formula is C14H23N3O. The summed E-state index contributed by atoms with van der Waals surface area (Å²) in [5, 5.41) is 9.54. The van der Waals surface area contributed by atoms with Crippen molar-refractivity contribution in [3.05, 3.63) is 18.1 Å². The van der Waals surface area contributed by atoms with Crippen LogP contribution in [0.1, 0.15) is 45.7 Å². The summed E-state index contributed by atoms with van der Waals surface area (Å²) in [6, 6.07) is 2.10. The molecule has 100 valence electrons. The van der Waals surface area contributed by atoms with E-state index in [2.05, 4.69) is 41.7 Å². The van der Waals surface area contributed by atoms with Crippen LogP contribution in [-0.2, 0) is 5.41 Å². The number of piperidine rings is 1. The van der Waals surface area contributed by atoms with E-state index in [0.29, 0.717) is 0 Å². The lowest BCUT2D eigenvalue weighted by atomic mass is 9.86. The minimum absolute atomic E-state index is 0.0903. The lowest BCUT2D eigenvalue weighted by Gasteiger charge is -2.31. The van der Waals surface area contributed by atoms with Gasteiger partial charge in [-0.2, -0.15) is 0 Å². The Balaban J connectivity index is 2.17. The van der Waals surface area contributed by atoms with Crippen LogP contribution in [0.15, 0.2) is 12.4 Å². The van der Waals surface area contributed by atoms with Crippen molar-refractivity contribution in [3.8, 4) is 0 Å². The first-order valence-electron chi connectivity index (χ1n) is 6.78. The monoisotopic (exact) mass is 249 g/mol. The topological polar surface area (TPSA) is 49.2 Å². The van der Waals surface area contributed by atoms with Gasteiger partial charge in [-0.05, 0) is 19.3 Å². The molecule has 0 saturated carbocycles. The van der Waals surface area contributed by atoms with Crippen molar-refractivity contribution in [1.29, 1.82) is 0 Å². The van der Waals surface area contributed by atoms with E-state index in [9.17, 15) is 5.11 Å². The molecule has 0 unspecified atom stereocenters. The van der Waals surface area contributed by atoms with Gasteiger partial charge < -0.3 is 10.0 Å². The second-order valence-electron chi connectivity index (χ2n) is 5.72. The van der Waals surface area contributed by atoms with Crippen LogP contribution in [0.2, 0.25) is 0 Å². The summed E-state index contributed by atoms with van der Waals surface area (Å²) in [5.74, 6) is 0.994. The Morgan fingerprint density at radius 2 is 2.00 bits per heavy atom. The third-order valence-corrected chi connectivity index (χ3v) is 4.02. The van der Waals surface area contributed by atoms with Crippen molar-refractivity contribution in [2.24, 2.45) is 0 Å². The molecule has 0 spiro atoms. The fraction of sp³-hybridized carbons (Fsp3) is 0.714. The molecule has 1 aliphatic rings. The molecule has 1 N–H and O–H groups in total. The molecule has 1 aliphatic heterocycles. The number of nitrogens with zero attached hydrogens (tertiary/aromatic N) is 3. The van der Waals surface area contributed by atoms with Gasteiger partial charge in [0, 0.05) is 24.6 Å². The normalized spacial score (nSPS) is 18.1. The molecule has 0 aliphatic carbocycles. The predicted molar refractivity (Wildman–Crippen MR) is 72.8 cm³/mol. The van der Waals surface area contributed by atoms with Crippen molar-refractivity contribution in [2.75, 3.05) is 18.0 Å². The van der Waals surface area contributed by atoms with Crippen LogP contribution < -0.4 is 4.90 Å². The molecule has 1 aromatic heterocycles. The number of rotatable bonds is 3. The second-order valence-corrected chi connectivity index (χ2v) is 5.72. The third-order valence-electron chi connectivity index (χ3n) is 4.02. The average Bonchev–Trinajstić information content (AvgIpc) is 2.40. The van der Waals surface area contributed by atoms with Gasteiger partial charge >= 0.3 is 0 Å². The van der Waals surface area contributed by atoms with Crippen LogP contribution in [0.5, 0.6) is 0 Å². The molecule has 4 heteroatoms. The maximum atomic E-state index is 9.54. The van der Waals surface area contributed by atoms with Gasteiger partial charge in [0.15, 0.2) is 0 Å². The lowest BCUT2D eigenvalue weighted by Crippen LogP contribution is -2.36. The van der Waals surface area contributed by atoms with E-state index < -0.39 is 0 Å². The summed E-state index contributed by atoms with van der Waals surface area (Å²) in [6.07, 6.45) is 4.23. The first kappa shape index (κ1) is 13.3. The molecule has 1 saturated heterocycles. The Kier molecular flexibility index (Phi) is 3.85. The van der Waals surface area contributed by atoms with E-state index >= 15 is 0 Å². The summed E-state index contributed by atoms with van der Waals surface area (Å²) in [6.45, 7) is 8.35. The highest BCUT2D eigenvalue weighted by Gasteiger charge is 2.23. The highest BCUT2D eigenvalue weighted by molar-refractivity contribution is 5.40. The van der Waals surface area contributed by atoms with E-state index in [-0.39, 0.29) is 11.5 Å². The summed E-state index contributed by atoms with van der Waals surface area (Å²) in [4.78, 5) is 11.0. The zero-order chi connectivity index (χ0) is 13.2. The van der Waals surface area contributed by atoms with Gasteiger partial charge in [-0.15, -0.1) is 0 Å². The fourth-order valence-corrected chi connectivity index (χ4v) is 2.17. The van der Waals surface area contributed by atoms with E-state index in [0.717, 1.165) is 43.9 Å². The minimum atomic E-state index is -0.144. The largest absolute Gasteiger partial charge is 0.393 e. The first-order valence-corrected chi connectivity index (χ1v) is 6.78. The number of anilines is 1. The van der Waals surface area contributed by atoms with Crippen LogP contribution in [0, 0.1) is 0 Å². The zero-order valence-electron chi connectivity index (χ0n) is 11.6. The number of aromatic nitrogens is 2. The molecule has 2 rings (SSSR count). The Labute approximate surface area is 109 Å². The van der Waals surface area contributed by atoms with Crippen LogP contribution in [-0.4, -0.2) is 34.3 Å². The van der Waals surface area contributed by atoms with E-state index in [1.54, 1.807) is 6.33 Å². The lowest BCUT2D eigenvalue weighted by molar-refractivity contribution is 0.145. The highest BCUT2D eigenvalue weighted by atomic mass is 16.3. The molecule has 0 radical (unpaired) electrons. The van der Waals surface area contributed by atoms with E-state index in [1.165, 1.54) is 0 Å². The Bertz CT molecular complexity index is 398. The van der Waals surface area contributed by atoms with Gasteiger partial charge in [0.25, 0.3) is 0 Å². The number of aliphatic hydroxyl groups excluding tert-OH is 1. The zero-order valence-corrected chi connectivity index (χ0v) is 11.6. The Morgan fingerprint density at radius 1 is 1.33 bits per heavy atom. The van der Waals surface area contributed by atoms with Crippen molar-refractivity contribution in [1.82, 2.24) is 9.97 Å². The van der Waals surface area contributed by atoms with Gasteiger partial charge in [-0.1, -0.05) is 20.8 Å². The van der Waals surface area contributed by atoms with Gasteiger partial charge in [-0.3, -0.25) is 0 Å². The molecule has 0 bridgehead atoms. The average molecular weight is 249 g/mol. The number of hydrogen-bond donors (Lipinski definition) is 1. The minimum Gasteiger partial charge on any atom is -0.393 e. The summed E-state index contributed by atoms with van der Waals surface area (Å²) < 4.78 is 0. The van der Waals surface area contributed by atoms with Crippen LogP contribution in [0.4, 0.5) is 5.82 Å². The molecule has 2 heterocycles. The summed E-state index contributed by atoms with van der Waals surface area (Å²) >= 11 is 0. The van der Waals surface area contributed by atoms with Gasteiger partial charge in [0.1, 0.15) is 12.1 Å². The predicted octanol–water partition coefficient (Wildman–Crippen LogP) is 2.13. The SMILES string of the molecule is CCC(C)(C)c1cc(N2CCC(O)CC2)ncn1. The maximum Gasteiger partial charge on any atom is 0.132 e. The van der Waals surface area contributed by atoms with E-state index in [4.69, 9.17) is 0 Å². The molecule has 0 amide bonds. The quantitative estimate of drug-likeness (QED) is 0.891. The molecule has 1 aromatic rings. The molecule has 0 aromatic carbocycles. The van der Waals surface area contributed by atoms with Crippen molar-refractivity contribution < 1.29 is 5.11 Å². The van der Waals surface area contributed by atoms with Gasteiger partial charge in [-0.25, -0.2) is 9.97 Å². The fourth-order valence-electron chi connectivity index (χ4n) is 2.17. The summed E-state index contributed by atoms with van der Waals surface area (Å²) in [5.41, 5.74) is 1.19. The van der Waals surface area contributed by atoms with E-state index in [1.807, 2.05) is 0 Å². The molecular weight excluding hydrogens is 226 g/mol. The smallest absolute Gasteiger partial charge is 0.132 e. The van der Waals surface area contributed by atoms with Crippen molar-refractivity contribution >= 4 is 5.82 Å². The van der Waals surface area contributed by atoms with Crippen molar-refractivity contribution in [2.45, 2.75) is 51.6 Å². The number of hydrogen-bond acceptors (Lipinski definition) is 4. The standard InChI is InChI=1S/C14H23N3O/c1-4-14(2,3)12-9-13(16-10-15-12)17-7-5-11(18)6-8-17/h9-11,18H,4-8H2,1-3H3. The van der Waals surface area contributed by atoms with Crippen LogP contribution >= 0.6 is 0 Å². The van der Waals surface area contributed by atoms with Gasteiger partial charge in [0.05, 0.1) is 11.8 Å². The molecule has 1 fully saturated rings. The maximum absolute atomic E-state index is 9.54. The first-order chi connectivity index (χ1) is 8.53. The van der Waals surface area contributed by atoms with Crippen LogP contribution in [0.3, 0.4) is 0 Å². The summed E-state index contributed by atoms with van der Waals surface area (Å²) in [7, 11) is 0. The van der Waals surface area contributed by atoms with Crippen LogP contribution in [0.25, 0.3) is 0 Å². The van der Waals surface area contributed by atoms with Crippen molar-refractivity contribution in [3.63, 3.8) is 0 Å². The second kappa shape index (κ2) is 5.22. The molecule has 4 nitrogen and oxygen atoms in total. The molecule has 18 heavy (non-hydrogen) atoms. The number of aliphatic hydroxyl groups is 1.